The first-order valence-corrected chi connectivity index (χ1v) is 8.44. The summed E-state index contributed by atoms with van der Waals surface area (Å²) in [6.07, 6.45) is 5.24. The zero-order valence-electron chi connectivity index (χ0n) is 13.5. The third-order valence-electron chi connectivity index (χ3n) is 4.37. The number of piperidine rings is 1. The quantitative estimate of drug-likeness (QED) is 0.857. The Hall–Kier alpha value is -1.73. The lowest BCUT2D eigenvalue weighted by Crippen LogP contribution is -2.50. The molecule has 1 atom stereocenters. The second kappa shape index (κ2) is 8.21. The number of ether oxygens (including phenoxy) is 1. The molecule has 7 heteroatoms. The molecule has 0 aromatic carbocycles. The van der Waals surface area contributed by atoms with E-state index in [9.17, 15) is 4.79 Å². The molecule has 2 fully saturated rings. The second-order valence-electron chi connectivity index (χ2n) is 6.16. The molecule has 2 aliphatic heterocycles. The number of hydrogen-bond acceptors (Lipinski definition) is 6. The minimum Gasteiger partial charge on any atom is -0.374 e. The van der Waals surface area contributed by atoms with Crippen LogP contribution in [0.3, 0.4) is 0 Å². The third kappa shape index (κ3) is 4.87. The fourth-order valence-electron chi connectivity index (χ4n) is 3.10. The number of amides is 1. The average Bonchev–Trinajstić information content (AvgIpc) is 2.62. The highest BCUT2D eigenvalue weighted by Crippen LogP contribution is 2.11. The summed E-state index contributed by atoms with van der Waals surface area (Å²) in [5.41, 5.74) is 0. The first-order valence-electron chi connectivity index (χ1n) is 8.44. The van der Waals surface area contributed by atoms with Gasteiger partial charge in [-0.2, -0.15) is 5.10 Å². The highest BCUT2D eigenvalue weighted by Gasteiger charge is 2.24. The molecule has 1 amide bonds. The van der Waals surface area contributed by atoms with Gasteiger partial charge >= 0.3 is 0 Å². The number of rotatable bonds is 5. The fraction of sp³-hybridized carbons (Fsp3) is 0.688. The molecule has 23 heavy (non-hydrogen) atoms. The van der Waals surface area contributed by atoms with Crippen molar-refractivity contribution in [3.63, 3.8) is 0 Å². The van der Waals surface area contributed by atoms with Gasteiger partial charge in [0.25, 0.3) is 0 Å². The predicted molar refractivity (Wildman–Crippen MR) is 87.1 cm³/mol. The third-order valence-corrected chi connectivity index (χ3v) is 4.37. The minimum atomic E-state index is 0.0694. The normalized spacial score (nSPS) is 22.8. The summed E-state index contributed by atoms with van der Waals surface area (Å²) in [4.78, 5) is 16.6. The maximum absolute atomic E-state index is 12.4. The highest BCUT2D eigenvalue weighted by atomic mass is 16.5. The topological polar surface area (TPSA) is 70.6 Å². The van der Waals surface area contributed by atoms with Gasteiger partial charge in [0.15, 0.2) is 0 Å². The Morgan fingerprint density at radius 2 is 2.17 bits per heavy atom. The molecule has 7 nitrogen and oxygen atoms in total. The largest absolute Gasteiger partial charge is 0.374 e. The van der Waals surface area contributed by atoms with Gasteiger partial charge in [-0.3, -0.25) is 9.69 Å². The first-order chi connectivity index (χ1) is 11.3. The van der Waals surface area contributed by atoms with Crippen LogP contribution in [0.25, 0.3) is 0 Å². The van der Waals surface area contributed by atoms with Crippen molar-refractivity contribution in [2.45, 2.75) is 25.4 Å². The van der Waals surface area contributed by atoms with E-state index in [1.807, 2.05) is 17.0 Å². The molecule has 0 radical (unpaired) electrons. The van der Waals surface area contributed by atoms with Crippen molar-refractivity contribution in [2.75, 3.05) is 51.2 Å². The summed E-state index contributed by atoms with van der Waals surface area (Å²) in [5, 5.41) is 11.1. The summed E-state index contributed by atoms with van der Waals surface area (Å²) >= 11 is 0. The van der Waals surface area contributed by atoms with Crippen molar-refractivity contribution in [3.8, 4) is 0 Å². The molecule has 0 spiro atoms. The van der Waals surface area contributed by atoms with E-state index in [2.05, 4.69) is 20.4 Å². The number of carbonyl (C=O) groups is 1. The molecule has 2 aliphatic rings. The average molecular weight is 319 g/mol. The molecule has 1 N–H and O–H groups in total. The lowest BCUT2D eigenvalue weighted by Gasteiger charge is -2.34. The molecule has 0 bridgehead atoms. The molecule has 3 heterocycles. The van der Waals surface area contributed by atoms with Gasteiger partial charge in [0.1, 0.15) is 5.82 Å². The number of nitrogens with zero attached hydrogens (tertiary/aromatic N) is 4. The van der Waals surface area contributed by atoms with Gasteiger partial charge < -0.3 is 15.0 Å². The number of hydrogen-bond donors (Lipinski definition) is 1. The van der Waals surface area contributed by atoms with Crippen molar-refractivity contribution in [1.29, 1.82) is 0 Å². The zero-order valence-corrected chi connectivity index (χ0v) is 13.5. The SMILES string of the molecule is O=C(CN1CCO[C@H](CNc2cccnn2)C1)N1CCCCC1. The summed E-state index contributed by atoms with van der Waals surface area (Å²) in [6, 6.07) is 3.73. The minimum absolute atomic E-state index is 0.0694. The van der Waals surface area contributed by atoms with Gasteiger partial charge in [-0.15, -0.1) is 5.10 Å². The molecular weight excluding hydrogens is 294 g/mol. The van der Waals surface area contributed by atoms with Crippen molar-refractivity contribution < 1.29 is 9.53 Å². The number of morpholine rings is 1. The van der Waals surface area contributed by atoms with Gasteiger partial charge in [-0.25, -0.2) is 0 Å². The number of anilines is 1. The van der Waals surface area contributed by atoms with E-state index in [0.717, 1.165) is 44.8 Å². The van der Waals surface area contributed by atoms with Crippen LogP contribution >= 0.6 is 0 Å². The van der Waals surface area contributed by atoms with Crippen LogP contribution in [-0.4, -0.2) is 77.9 Å². The van der Waals surface area contributed by atoms with E-state index in [4.69, 9.17) is 4.74 Å². The smallest absolute Gasteiger partial charge is 0.236 e. The molecule has 0 aliphatic carbocycles. The Bertz CT molecular complexity index is 493. The molecule has 1 aromatic rings. The van der Waals surface area contributed by atoms with Crippen molar-refractivity contribution in [1.82, 2.24) is 20.0 Å². The van der Waals surface area contributed by atoms with Gasteiger partial charge in [0, 0.05) is 38.9 Å². The number of aromatic nitrogens is 2. The summed E-state index contributed by atoms with van der Waals surface area (Å²) < 4.78 is 5.78. The van der Waals surface area contributed by atoms with Crippen molar-refractivity contribution in [2.24, 2.45) is 0 Å². The molecule has 3 rings (SSSR count). The van der Waals surface area contributed by atoms with Crippen LogP contribution in [0.2, 0.25) is 0 Å². The number of likely N-dealkylation sites (tertiary alicyclic amines) is 1. The Morgan fingerprint density at radius 1 is 1.30 bits per heavy atom. The maximum atomic E-state index is 12.4. The second-order valence-corrected chi connectivity index (χ2v) is 6.16. The van der Waals surface area contributed by atoms with Gasteiger partial charge in [-0.05, 0) is 31.4 Å². The standard InChI is InChI=1S/C16H25N5O2/c22-16(21-7-2-1-3-8-21)13-20-9-10-23-14(12-20)11-17-15-5-4-6-18-19-15/h4-6,14H,1-3,7-13H2,(H,17,19)/t14-/m1/s1. The van der Waals surface area contributed by atoms with Crippen LogP contribution < -0.4 is 5.32 Å². The summed E-state index contributed by atoms with van der Waals surface area (Å²) in [5.74, 6) is 1.00. The van der Waals surface area contributed by atoms with Gasteiger partial charge in [-0.1, -0.05) is 0 Å². The molecule has 0 saturated carbocycles. The van der Waals surface area contributed by atoms with Gasteiger partial charge in [0.05, 0.1) is 19.3 Å². The van der Waals surface area contributed by atoms with E-state index < -0.39 is 0 Å². The first kappa shape index (κ1) is 16.1. The van der Waals surface area contributed by atoms with E-state index in [1.165, 1.54) is 6.42 Å². The van der Waals surface area contributed by atoms with Gasteiger partial charge in [0.2, 0.25) is 5.91 Å². The van der Waals surface area contributed by atoms with E-state index in [-0.39, 0.29) is 12.0 Å². The Morgan fingerprint density at radius 3 is 2.96 bits per heavy atom. The van der Waals surface area contributed by atoms with Crippen LogP contribution in [0.15, 0.2) is 18.3 Å². The Kier molecular flexibility index (Phi) is 5.76. The molecule has 126 valence electrons. The fourth-order valence-corrected chi connectivity index (χ4v) is 3.10. The molecule has 0 unspecified atom stereocenters. The Labute approximate surface area is 137 Å². The summed E-state index contributed by atoms with van der Waals surface area (Å²) in [7, 11) is 0. The van der Waals surface area contributed by atoms with Crippen LogP contribution in [-0.2, 0) is 9.53 Å². The lowest BCUT2D eigenvalue weighted by molar-refractivity contribution is -0.135. The number of nitrogens with one attached hydrogen (secondary N) is 1. The molecule has 2 saturated heterocycles. The lowest BCUT2D eigenvalue weighted by atomic mass is 10.1. The van der Waals surface area contributed by atoms with Crippen LogP contribution in [0.1, 0.15) is 19.3 Å². The monoisotopic (exact) mass is 319 g/mol. The van der Waals surface area contributed by atoms with Crippen LogP contribution in [0, 0.1) is 0 Å². The van der Waals surface area contributed by atoms with E-state index >= 15 is 0 Å². The highest BCUT2D eigenvalue weighted by molar-refractivity contribution is 5.78. The zero-order chi connectivity index (χ0) is 15.9. The van der Waals surface area contributed by atoms with Crippen LogP contribution in [0.5, 0.6) is 0 Å². The van der Waals surface area contributed by atoms with E-state index in [0.29, 0.717) is 19.7 Å². The molecular formula is C16H25N5O2. The van der Waals surface area contributed by atoms with Crippen LogP contribution in [0.4, 0.5) is 5.82 Å². The Balaban J connectivity index is 1.43. The van der Waals surface area contributed by atoms with E-state index in [1.54, 1.807) is 6.20 Å². The predicted octanol–water partition coefficient (Wildman–Crippen LogP) is 0.602. The van der Waals surface area contributed by atoms with Crippen molar-refractivity contribution >= 4 is 11.7 Å². The summed E-state index contributed by atoms with van der Waals surface area (Å²) in [6.45, 7) is 5.27. The van der Waals surface area contributed by atoms with Crippen molar-refractivity contribution in [3.05, 3.63) is 18.3 Å². The molecule has 1 aromatic heterocycles. The maximum Gasteiger partial charge on any atom is 0.236 e. The number of carbonyl (C=O) groups excluding carboxylic acids is 1.